The van der Waals surface area contributed by atoms with Crippen LogP contribution in [0.25, 0.3) is 0 Å². The number of benzene rings is 1. The Hall–Kier alpha value is -0.630. The van der Waals surface area contributed by atoms with Crippen molar-refractivity contribution in [2.24, 2.45) is 5.14 Å². The fraction of sp³-hybridized carbons (Fsp3) is 0.364. The van der Waals surface area contributed by atoms with Crippen molar-refractivity contribution in [1.29, 1.82) is 0 Å². The molecule has 104 valence electrons. The maximum absolute atomic E-state index is 11.8. The lowest BCUT2D eigenvalue weighted by Crippen LogP contribution is -2.32. The Morgan fingerprint density at radius 1 is 1.47 bits per heavy atom. The van der Waals surface area contributed by atoms with Gasteiger partial charge in [-0.3, -0.25) is 4.79 Å². The molecule has 8 heteroatoms. The molecule has 1 saturated heterocycles. The van der Waals surface area contributed by atoms with Crippen molar-refractivity contribution in [3.63, 3.8) is 0 Å². The average molecular weight is 368 g/mol. The Morgan fingerprint density at radius 2 is 2.16 bits per heavy atom. The van der Waals surface area contributed by atoms with Gasteiger partial charge in [0.2, 0.25) is 15.9 Å². The normalized spacial score (nSPS) is 20.1. The molecule has 0 aliphatic carbocycles. The Bertz CT molecular complexity index is 620. The molecule has 1 unspecified atom stereocenters. The fourth-order valence-electron chi connectivity index (χ4n) is 1.98. The predicted molar refractivity (Wildman–Crippen MR) is 76.1 cm³/mol. The zero-order valence-electron chi connectivity index (χ0n) is 9.84. The van der Waals surface area contributed by atoms with E-state index in [4.69, 9.17) is 16.7 Å². The second kappa shape index (κ2) is 5.40. The van der Waals surface area contributed by atoms with E-state index in [9.17, 15) is 13.2 Å². The maximum Gasteiger partial charge on any atom is 0.224 e. The van der Waals surface area contributed by atoms with Gasteiger partial charge in [0.05, 0.1) is 0 Å². The quantitative estimate of drug-likeness (QED) is 0.879. The first-order chi connectivity index (χ1) is 8.77. The minimum absolute atomic E-state index is 0.0650. The minimum Gasteiger partial charge on any atom is -0.337 e. The number of amides is 1. The van der Waals surface area contributed by atoms with Crippen molar-refractivity contribution >= 4 is 43.5 Å². The van der Waals surface area contributed by atoms with Crippen LogP contribution < -0.4 is 5.14 Å². The summed E-state index contributed by atoms with van der Waals surface area (Å²) >= 11 is 9.37. The van der Waals surface area contributed by atoms with Crippen molar-refractivity contribution in [3.8, 4) is 0 Å². The van der Waals surface area contributed by atoms with Crippen LogP contribution in [0.5, 0.6) is 0 Å². The highest BCUT2D eigenvalue weighted by Crippen LogP contribution is 2.25. The molecule has 1 aromatic carbocycles. The molecule has 1 aliphatic rings. The summed E-state index contributed by atoms with van der Waals surface area (Å²) in [7, 11) is -3.68. The van der Waals surface area contributed by atoms with Crippen LogP contribution in [0.2, 0.25) is 5.02 Å². The van der Waals surface area contributed by atoms with Gasteiger partial charge in [-0.15, -0.1) is 0 Å². The summed E-state index contributed by atoms with van der Waals surface area (Å²) in [5, 5.41) is 4.78. The van der Waals surface area contributed by atoms with E-state index in [0.717, 1.165) is 10.0 Å². The topological polar surface area (TPSA) is 80.5 Å². The number of carbonyl (C=O) groups excluding carboxylic acids is 1. The van der Waals surface area contributed by atoms with E-state index in [1.165, 1.54) is 4.90 Å². The number of nitrogens with zero attached hydrogens (tertiary/aromatic N) is 1. The van der Waals surface area contributed by atoms with Crippen molar-refractivity contribution < 1.29 is 13.2 Å². The highest BCUT2D eigenvalue weighted by atomic mass is 79.9. The van der Waals surface area contributed by atoms with E-state index in [0.29, 0.717) is 5.02 Å². The van der Waals surface area contributed by atoms with Gasteiger partial charge in [0.1, 0.15) is 5.25 Å². The van der Waals surface area contributed by atoms with Gasteiger partial charge in [-0.25, -0.2) is 13.6 Å². The number of nitrogens with two attached hydrogens (primary N) is 1. The summed E-state index contributed by atoms with van der Waals surface area (Å²) < 4.78 is 23.4. The van der Waals surface area contributed by atoms with Crippen molar-refractivity contribution in [2.75, 3.05) is 6.54 Å². The Kier molecular flexibility index (Phi) is 4.20. The summed E-state index contributed by atoms with van der Waals surface area (Å²) in [6, 6.07) is 5.32. The Morgan fingerprint density at radius 3 is 2.74 bits per heavy atom. The molecule has 19 heavy (non-hydrogen) atoms. The van der Waals surface area contributed by atoms with Gasteiger partial charge in [0.25, 0.3) is 0 Å². The number of likely N-dealkylation sites (tertiary alicyclic amines) is 1. The summed E-state index contributed by atoms with van der Waals surface area (Å²) in [4.78, 5) is 13.2. The van der Waals surface area contributed by atoms with Crippen LogP contribution >= 0.6 is 27.5 Å². The number of carbonyl (C=O) groups is 1. The number of primary sulfonamides is 1. The standard InChI is InChI=1S/C11H12BrClN2O3S/c12-8-1-2-10(13)7(3-8)5-15-6-9(4-11(15)16)19(14,17)18/h1-3,9H,4-6H2,(H2,14,17,18). The molecule has 0 bridgehead atoms. The van der Waals surface area contributed by atoms with Crippen molar-refractivity contribution in [2.45, 2.75) is 18.2 Å². The van der Waals surface area contributed by atoms with Gasteiger partial charge < -0.3 is 4.90 Å². The lowest BCUT2D eigenvalue weighted by molar-refractivity contribution is -0.128. The van der Waals surface area contributed by atoms with Crippen LogP contribution in [0, 0.1) is 0 Å². The Balaban J connectivity index is 2.16. The summed E-state index contributed by atoms with van der Waals surface area (Å²) in [5.74, 6) is -0.227. The molecule has 5 nitrogen and oxygen atoms in total. The monoisotopic (exact) mass is 366 g/mol. The molecule has 0 radical (unpaired) electrons. The first kappa shape index (κ1) is 14.8. The number of sulfonamides is 1. The van der Waals surface area contributed by atoms with Crippen LogP contribution in [0.1, 0.15) is 12.0 Å². The molecule has 1 amide bonds. The third kappa shape index (κ3) is 3.47. The molecule has 2 N–H and O–H groups in total. The minimum atomic E-state index is -3.68. The molecule has 1 atom stereocenters. The smallest absolute Gasteiger partial charge is 0.224 e. The van der Waals surface area contributed by atoms with Gasteiger partial charge in [-0.1, -0.05) is 27.5 Å². The highest BCUT2D eigenvalue weighted by molar-refractivity contribution is 9.10. The van der Waals surface area contributed by atoms with Gasteiger partial charge in [0.15, 0.2) is 0 Å². The van der Waals surface area contributed by atoms with E-state index < -0.39 is 15.3 Å². The van der Waals surface area contributed by atoms with Gasteiger partial charge in [0, 0.05) is 29.0 Å². The summed E-state index contributed by atoms with van der Waals surface area (Å²) in [5.41, 5.74) is 0.763. The molecule has 0 saturated carbocycles. The van der Waals surface area contributed by atoms with Crippen LogP contribution in [-0.2, 0) is 21.4 Å². The second-order valence-corrected chi connectivity index (χ2v) is 7.59. The first-order valence-electron chi connectivity index (χ1n) is 5.50. The average Bonchev–Trinajstić information content (AvgIpc) is 2.65. The van der Waals surface area contributed by atoms with Gasteiger partial charge >= 0.3 is 0 Å². The number of halogens is 2. The van der Waals surface area contributed by atoms with E-state index in [-0.39, 0.29) is 25.4 Å². The largest absolute Gasteiger partial charge is 0.337 e. The molecule has 0 spiro atoms. The van der Waals surface area contributed by atoms with Crippen LogP contribution in [0.3, 0.4) is 0 Å². The molecule has 2 rings (SSSR count). The lowest BCUT2D eigenvalue weighted by Gasteiger charge is -2.17. The van der Waals surface area contributed by atoms with E-state index in [1.807, 2.05) is 0 Å². The fourth-order valence-corrected chi connectivity index (χ4v) is 3.33. The van der Waals surface area contributed by atoms with Crippen LogP contribution in [0.15, 0.2) is 22.7 Å². The zero-order chi connectivity index (χ0) is 14.2. The van der Waals surface area contributed by atoms with E-state index >= 15 is 0 Å². The molecular formula is C11H12BrClN2O3S. The third-order valence-electron chi connectivity index (χ3n) is 3.01. The van der Waals surface area contributed by atoms with Gasteiger partial charge in [-0.2, -0.15) is 0 Å². The molecule has 1 fully saturated rings. The third-order valence-corrected chi connectivity index (χ3v) is 5.12. The predicted octanol–water partition coefficient (Wildman–Crippen LogP) is 1.49. The number of hydrogen-bond acceptors (Lipinski definition) is 3. The van der Waals surface area contributed by atoms with Crippen molar-refractivity contribution in [3.05, 3.63) is 33.3 Å². The molecule has 1 aromatic rings. The van der Waals surface area contributed by atoms with Crippen molar-refractivity contribution in [1.82, 2.24) is 4.90 Å². The first-order valence-corrected chi connectivity index (χ1v) is 8.28. The van der Waals surface area contributed by atoms with Crippen LogP contribution in [-0.4, -0.2) is 31.0 Å². The van der Waals surface area contributed by atoms with Crippen LogP contribution in [0.4, 0.5) is 0 Å². The Labute approximate surface area is 124 Å². The highest BCUT2D eigenvalue weighted by Gasteiger charge is 2.36. The second-order valence-electron chi connectivity index (χ2n) is 4.43. The van der Waals surface area contributed by atoms with E-state index in [1.54, 1.807) is 18.2 Å². The zero-order valence-corrected chi connectivity index (χ0v) is 13.0. The maximum atomic E-state index is 11.8. The number of rotatable bonds is 3. The molecular weight excluding hydrogens is 356 g/mol. The number of hydrogen-bond donors (Lipinski definition) is 1. The summed E-state index contributed by atoms with van der Waals surface area (Å²) in [6.07, 6.45) is -0.0650. The molecule has 0 aromatic heterocycles. The SMILES string of the molecule is NS(=O)(=O)C1CC(=O)N(Cc2cc(Br)ccc2Cl)C1. The summed E-state index contributed by atoms with van der Waals surface area (Å²) in [6.45, 7) is 0.392. The molecule has 1 aliphatic heterocycles. The molecule has 1 heterocycles. The van der Waals surface area contributed by atoms with E-state index in [2.05, 4.69) is 15.9 Å². The lowest BCUT2D eigenvalue weighted by atomic mass is 10.2. The van der Waals surface area contributed by atoms with Gasteiger partial charge in [-0.05, 0) is 23.8 Å².